The summed E-state index contributed by atoms with van der Waals surface area (Å²) in [4.78, 5) is 10.5. The van der Waals surface area contributed by atoms with Crippen LogP contribution >= 0.6 is 11.3 Å². The number of benzene rings is 1. The molecule has 2 aromatic rings. The van der Waals surface area contributed by atoms with Gasteiger partial charge in [-0.25, -0.2) is 0 Å². The third kappa shape index (κ3) is 2.93. The smallest absolute Gasteiger partial charge is 0.188 e. The molecule has 0 bridgehead atoms. The second kappa shape index (κ2) is 5.04. The summed E-state index contributed by atoms with van der Waals surface area (Å²) in [5, 5.41) is 3.58. The van der Waals surface area contributed by atoms with Crippen molar-refractivity contribution in [3.8, 4) is 0 Å². The van der Waals surface area contributed by atoms with Crippen molar-refractivity contribution in [3.05, 3.63) is 35.2 Å². The molecule has 1 atom stereocenters. The molecule has 1 heterocycles. The maximum atomic E-state index is 10.5. The van der Waals surface area contributed by atoms with Crippen LogP contribution in [0.25, 0.3) is 10.1 Å². The van der Waals surface area contributed by atoms with Crippen LogP contribution in [0.1, 0.15) is 38.7 Å². The maximum Gasteiger partial charge on any atom is 0.188 e. The normalized spacial score (nSPS) is 14.8. The lowest BCUT2D eigenvalue weighted by molar-refractivity contribution is 0.431. The average molecular weight is 293 g/mol. The molecule has 104 valence electrons. The van der Waals surface area contributed by atoms with E-state index in [1.165, 1.54) is 15.6 Å². The minimum atomic E-state index is -2.13. The summed E-state index contributed by atoms with van der Waals surface area (Å²) in [6.07, 6.45) is 1.04. The van der Waals surface area contributed by atoms with E-state index in [9.17, 15) is 4.80 Å². The molecule has 0 amide bonds. The highest BCUT2D eigenvalue weighted by atomic mass is 32.1. The first-order valence-electron chi connectivity index (χ1n) is 6.91. The first-order chi connectivity index (χ1) is 8.72. The number of fused-ring (bicyclic) bond motifs is 1. The molecule has 0 aliphatic rings. The zero-order valence-electron chi connectivity index (χ0n) is 12.5. The molecule has 0 aliphatic carbocycles. The van der Waals surface area contributed by atoms with Gasteiger partial charge in [-0.05, 0) is 58.9 Å². The van der Waals surface area contributed by atoms with Crippen LogP contribution in [-0.4, -0.2) is 13.1 Å². The predicted octanol–water partition coefficient (Wildman–Crippen LogP) is 5.37. The second-order valence-electron chi connectivity index (χ2n) is 6.73. The van der Waals surface area contributed by atoms with E-state index in [0.717, 1.165) is 6.42 Å². The van der Waals surface area contributed by atoms with E-state index < -0.39 is 8.32 Å². The molecule has 0 aliphatic heterocycles. The highest BCUT2D eigenvalue weighted by Gasteiger charge is 2.39. The summed E-state index contributed by atoms with van der Waals surface area (Å²) < 4.78 is 1.36. The first-order valence-corrected chi connectivity index (χ1v) is 10.7. The Morgan fingerprint density at radius 1 is 1.26 bits per heavy atom. The van der Waals surface area contributed by atoms with Gasteiger partial charge < -0.3 is 4.80 Å². The fraction of sp³-hybridized carbons (Fsp3) is 0.500. The Hall–Kier alpha value is -0.643. The molecule has 2 rings (SSSR count). The zero-order valence-corrected chi connectivity index (χ0v) is 14.3. The van der Waals surface area contributed by atoms with Crippen molar-refractivity contribution in [1.82, 2.24) is 0 Å². The molecular weight excluding hydrogens is 268 g/mol. The number of hydrogen-bond donors (Lipinski definition) is 1. The Balaban J connectivity index is 2.30. The van der Waals surface area contributed by atoms with Gasteiger partial charge in [0.25, 0.3) is 0 Å². The van der Waals surface area contributed by atoms with E-state index in [1.54, 1.807) is 11.3 Å². The molecule has 3 heteroatoms. The summed E-state index contributed by atoms with van der Waals surface area (Å²) in [6.45, 7) is 10.8. The van der Waals surface area contributed by atoms with Crippen LogP contribution in [0.15, 0.2) is 29.6 Å². The van der Waals surface area contributed by atoms with Crippen molar-refractivity contribution >= 4 is 29.7 Å². The second-order valence-corrected chi connectivity index (χ2v) is 12.1. The molecule has 0 spiro atoms. The highest BCUT2D eigenvalue weighted by molar-refractivity contribution is 7.17. The molecular formula is C16H24OSSi. The van der Waals surface area contributed by atoms with Gasteiger partial charge in [0.15, 0.2) is 8.32 Å². The van der Waals surface area contributed by atoms with Crippen LogP contribution in [0.2, 0.25) is 18.1 Å². The third-order valence-corrected chi connectivity index (χ3v) is 8.93. The third-order valence-electron chi connectivity index (χ3n) is 4.53. The predicted molar refractivity (Wildman–Crippen MR) is 88.6 cm³/mol. The van der Waals surface area contributed by atoms with E-state index in [4.69, 9.17) is 0 Å². The molecule has 1 nitrogen and oxygen atoms in total. The van der Waals surface area contributed by atoms with Gasteiger partial charge in [0.05, 0.1) is 0 Å². The number of rotatable bonds is 4. The monoisotopic (exact) mass is 292 g/mol. The first kappa shape index (κ1) is 14.8. The van der Waals surface area contributed by atoms with Crippen LogP contribution < -0.4 is 0 Å². The standard InChI is InChI=1S/C16H24OSSi/c1-12(11-16(2,3)19(4,5)17)13-7-6-8-15-14(13)9-10-18-15/h6-10,12,17H,11H2,1-5H3. The SMILES string of the molecule is CC(CC(C)(C)[Si](C)(C)O)c1cccc2sccc12. The van der Waals surface area contributed by atoms with Crippen molar-refractivity contribution in [2.75, 3.05) is 0 Å². The van der Waals surface area contributed by atoms with Crippen molar-refractivity contribution in [3.63, 3.8) is 0 Å². The largest absolute Gasteiger partial charge is 0.432 e. The molecule has 0 saturated heterocycles. The Labute approximate surface area is 121 Å². The molecule has 1 unspecified atom stereocenters. The van der Waals surface area contributed by atoms with E-state index in [2.05, 4.69) is 50.4 Å². The lowest BCUT2D eigenvalue weighted by Crippen LogP contribution is -2.39. The molecule has 0 fully saturated rings. The molecule has 1 aromatic heterocycles. The lowest BCUT2D eigenvalue weighted by atomic mass is 9.89. The van der Waals surface area contributed by atoms with Crippen LogP contribution in [0.5, 0.6) is 0 Å². The Morgan fingerprint density at radius 3 is 2.58 bits per heavy atom. The highest BCUT2D eigenvalue weighted by Crippen LogP contribution is 2.45. The summed E-state index contributed by atoms with van der Waals surface area (Å²) in [5.41, 5.74) is 1.42. The van der Waals surface area contributed by atoms with Crippen LogP contribution in [0.3, 0.4) is 0 Å². The van der Waals surface area contributed by atoms with Gasteiger partial charge >= 0.3 is 0 Å². The molecule has 1 N–H and O–H groups in total. The van der Waals surface area contributed by atoms with E-state index in [0.29, 0.717) is 5.92 Å². The van der Waals surface area contributed by atoms with Crippen LogP contribution in [-0.2, 0) is 0 Å². The maximum absolute atomic E-state index is 10.5. The average Bonchev–Trinajstić information content (AvgIpc) is 2.73. The minimum absolute atomic E-state index is 0.0323. The number of hydrogen-bond acceptors (Lipinski definition) is 2. The summed E-state index contributed by atoms with van der Waals surface area (Å²) in [6, 6.07) is 8.80. The molecule has 0 radical (unpaired) electrons. The topological polar surface area (TPSA) is 20.2 Å². The van der Waals surface area contributed by atoms with E-state index in [1.807, 2.05) is 13.1 Å². The van der Waals surface area contributed by atoms with Gasteiger partial charge in [0.1, 0.15) is 0 Å². The zero-order chi connectivity index (χ0) is 14.3. The van der Waals surface area contributed by atoms with Gasteiger partial charge in [0.2, 0.25) is 0 Å². The Morgan fingerprint density at radius 2 is 1.95 bits per heavy atom. The van der Waals surface area contributed by atoms with Gasteiger partial charge in [-0.2, -0.15) is 0 Å². The van der Waals surface area contributed by atoms with Gasteiger partial charge in [-0.15, -0.1) is 11.3 Å². The van der Waals surface area contributed by atoms with Crippen LogP contribution in [0.4, 0.5) is 0 Å². The van der Waals surface area contributed by atoms with Gasteiger partial charge in [-0.1, -0.05) is 32.9 Å². The van der Waals surface area contributed by atoms with Gasteiger partial charge in [0, 0.05) is 4.70 Å². The summed E-state index contributed by atoms with van der Waals surface area (Å²) in [7, 11) is -2.13. The van der Waals surface area contributed by atoms with E-state index in [-0.39, 0.29) is 5.04 Å². The molecule has 1 aromatic carbocycles. The fourth-order valence-corrected chi connectivity index (χ4v) is 4.20. The summed E-state index contributed by atoms with van der Waals surface area (Å²) >= 11 is 1.80. The molecule has 0 saturated carbocycles. The summed E-state index contributed by atoms with van der Waals surface area (Å²) in [5.74, 6) is 0.479. The van der Waals surface area contributed by atoms with Crippen molar-refractivity contribution in [2.45, 2.75) is 51.2 Å². The van der Waals surface area contributed by atoms with Crippen LogP contribution in [0, 0.1) is 0 Å². The lowest BCUT2D eigenvalue weighted by Gasteiger charge is -2.37. The minimum Gasteiger partial charge on any atom is -0.432 e. The number of thiophene rings is 1. The Kier molecular flexibility index (Phi) is 3.91. The van der Waals surface area contributed by atoms with E-state index >= 15 is 0 Å². The Bertz CT molecular complexity index is 565. The van der Waals surface area contributed by atoms with Crippen molar-refractivity contribution in [1.29, 1.82) is 0 Å². The molecule has 19 heavy (non-hydrogen) atoms. The fourth-order valence-electron chi connectivity index (χ4n) is 2.57. The van der Waals surface area contributed by atoms with Gasteiger partial charge in [-0.3, -0.25) is 0 Å². The van der Waals surface area contributed by atoms with Crippen molar-refractivity contribution < 1.29 is 4.80 Å². The quantitative estimate of drug-likeness (QED) is 0.751. The van der Waals surface area contributed by atoms with Crippen molar-refractivity contribution in [2.24, 2.45) is 0 Å².